The number of piperidine rings is 1. The number of benzene rings is 1. The van der Waals surface area contributed by atoms with Crippen molar-refractivity contribution in [2.75, 3.05) is 13.1 Å². The Hall–Kier alpha value is -2.41. The van der Waals surface area contributed by atoms with E-state index in [1.165, 1.54) is 24.7 Å². The molecule has 23 heavy (non-hydrogen) atoms. The largest absolute Gasteiger partial charge is 0.346 e. The lowest BCUT2D eigenvalue weighted by molar-refractivity contribution is 0.0919. The van der Waals surface area contributed by atoms with Gasteiger partial charge in [0.1, 0.15) is 5.69 Å². The number of carbonyl (C=O) groups excluding carboxylic acids is 1. The normalized spacial score (nSPS) is 21.0. The average molecular weight is 318 g/mol. The molecule has 0 bridgehead atoms. The molecule has 2 N–H and O–H groups in total. The summed E-state index contributed by atoms with van der Waals surface area (Å²) in [6.07, 6.45) is 5.04. The van der Waals surface area contributed by atoms with E-state index in [9.17, 15) is 13.6 Å². The Labute approximate surface area is 132 Å². The summed E-state index contributed by atoms with van der Waals surface area (Å²) in [5.41, 5.74) is 0.900. The molecule has 120 valence electrons. The number of carbonyl (C=O) groups is 1. The molecule has 1 aliphatic heterocycles. The zero-order valence-electron chi connectivity index (χ0n) is 12.3. The summed E-state index contributed by atoms with van der Waals surface area (Å²) in [6, 6.07) is 3.65. The van der Waals surface area contributed by atoms with E-state index in [1.54, 1.807) is 6.07 Å². The first-order valence-corrected chi connectivity index (χ1v) is 7.37. The molecular weight excluding hydrogens is 302 g/mol. The van der Waals surface area contributed by atoms with Gasteiger partial charge in [-0.3, -0.25) is 9.78 Å². The van der Waals surface area contributed by atoms with Gasteiger partial charge in [0.25, 0.3) is 5.91 Å². The fourth-order valence-corrected chi connectivity index (χ4v) is 2.81. The van der Waals surface area contributed by atoms with Crippen LogP contribution >= 0.6 is 0 Å². The van der Waals surface area contributed by atoms with E-state index in [0.29, 0.717) is 12.1 Å². The molecule has 1 aliphatic rings. The molecule has 1 aromatic carbocycles. The predicted molar refractivity (Wildman–Crippen MR) is 79.9 cm³/mol. The second kappa shape index (κ2) is 6.78. The lowest BCUT2D eigenvalue weighted by Crippen LogP contribution is -2.50. The van der Waals surface area contributed by atoms with E-state index in [2.05, 4.69) is 20.6 Å². The smallest absolute Gasteiger partial charge is 0.271 e. The minimum Gasteiger partial charge on any atom is -0.346 e. The van der Waals surface area contributed by atoms with Gasteiger partial charge in [0.2, 0.25) is 0 Å². The molecule has 2 aromatic rings. The Balaban J connectivity index is 1.78. The van der Waals surface area contributed by atoms with Gasteiger partial charge in [-0.2, -0.15) is 0 Å². The zero-order valence-corrected chi connectivity index (χ0v) is 12.3. The first kappa shape index (κ1) is 15.5. The molecule has 3 rings (SSSR count). The van der Waals surface area contributed by atoms with Gasteiger partial charge in [0, 0.05) is 30.9 Å². The van der Waals surface area contributed by atoms with Crippen LogP contribution in [0.4, 0.5) is 8.78 Å². The number of hydrogen-bond acceptors (Lipinski definition) is 4. The highest BCUT2D eigenvalue weighted by molar-refractivity contribution is 5.92. The molecule has 0 spiro atoms. The van der Waals surface area contributed by atoms with Crippen LogP contribution < -0.4 is 10.6 Å². The van der Waals surface area contributed by atoms with Gasteiger partial charge in [-0.1, -0.05) is 6.07 Å². The molecule has 1 saturated heterocycles. The Bertz CT molecular complexity index is 696. The van der Waals surface area contributed by atoms with Gasteiger partial charge in [-0.25, -0.2) is 13.8 Å². The summed E-state index contributed by atoms with van der Waals surface area (Å²) < 4.78 is 26.6. The van der Waals surface area contributed by atoms with Crippen molar-refractivity contribution in [2.24, 2.45) is 0 Å². The zero-order chi connectivity index (χ0) is 16.2. The van der Waals surface area contributed by atoms with E-state index in [-0.39, 0.29) is 23.6 Å². The van der Waals surface area contributed by atoms with Gasteiger partial charge in [-0.05, 0) is 30.7 Å². The van der Waals surface area contributed by atoms with Crippen molar-refractivity contribution in [3.63, 3.8) is 0 Å². The van der Waals surface area contributed by atoms with Crippen molar-refractivity contribution in [1.29, 1.82) is 0 Å². The average Bonchev–Trinajstić information content (AvgIpc) is 2.59. The van der Waals surface area contributed by atoms with Gasteiger partial charge < -0.3 is 10.6 Å². The fourth-order valence-electron chi connectivity index (χ4n) is 2.81. The maximum absolute atomic E-state index is 13.5. The molecule has 1 fully saturated rings. The summed E-state index contributed by atoms with van der Waals surface area (Å²) in [4.78, 5) is 20.1. The van der Waals surface area contributed by atoms with Crippen LogP contribution in [0.3, 0.4) is 0 Å². The maximum Gasteiger partial charge on any atom is 0.271 e. The third kappa shape index (κ3) is 3.50. The summed E-state index contributed by atoms with van der Waals surface area (Å²) in [5, 5.41) is 6.10. The lowest BCUT2D eigenvalue weighted by atomic mass is 9.86. The van der Waals surface area contributed by atoms with Crippen LogP contribution in [0.15, 0.2) is 36.8 Å². The second-order valence-electron chi connectivity index (χ2n) is 5.44. The molecule has 1 aromatic heterocycles. The van der Waals surface area contributed by atoms with Crippen molar-refractivity contribution in [1.82, 2.24) is 20.6 Å². The monoisotopic (exact) mass is 318 g/mol. The summed E-state index contributed by atoms with van der Waals surface area (Å²) >= 11 is 0. The van der Waals surface area contributed by atoms with Crippen LogP contribution in [-0.4, -0.2) is 35.0 Å². The number of halogens is 2. The number of hydrogen-bond donors (Lipinski definition) is 2. The predicted octanol–water partition coefficient (Wildman–Crippen LogP) is 1.63. The number of nitrogens with one attached hydrogen (secondary N) is 2. The number of rotatable bonds is 3. The van der Waals surface area contributed by atoms with Crippen LogP contribution in [0, 0.1) is 11.6 Å². The summed E-state index contributed by atoms with van der Waals surface area (Å²) in [6.45, 7) is 1.30. The molecule has 1 amide bonds. The number of amides is 1. The first-order chi connectivity index (χ1) is 11.1. The van der Waals surface area contributed by atoms with Crippen LogP contribution in [0.2, 0.25) is 0 Å². The highest BCUT2D eigenvalue weighted by atomic mass is 19.2. The fraction of sp³-hybridized carbons (Fsp3) is 0.312. The van der Waals surface area contributed by atoms with E-state index < -0.39 is 11.6 Å². The summed E-state index contributed by atoms with van der Waals surface area (Å²) in [7, 11) is 0. The first-order valence-electron chi connectivity index (χ1n) is 7.37. The van der Waals surface area contributed by atoms with Crippen molar-refractivity contribution >= 4 is 5.91 Å². The summed E-state index contributed by atoms with van der Waals surface area (Å²) in [5.74, 6) is -2.17. The van der Waals surface area contributed by atoms with Crippen LogP contribution in [0.5, 0.6) is 0 Å². The third-order valence-electron chi connectivity index (χ3n) is 3.97. The lowest BCUT2D eigenvalue weighted by Gasteiger charge is -2.33. The number of nitrogens with zero attached hydrogens (tertiary/aromatic N) is 2. The van der Waals surface area contributed by atoms with Crippen LogP contribution in [0.1, 0.15) is 28.4 Å². The van der Waals surface area contributed by atoms with Crippen LogP contribution in [-0.2, 0) is 0 Å². The number of aromatic nitrogens is 2. The van der Waals surface area contributed by atoms with Crippen LogP contribution in [0.25, 0.3) is 0 Å². The highest BCUT2D eigenvalue weighted by Crippen LogP contribution is 2.27. The van der Waals surface area contributed by atoms with Crippen molar-refractivity contribution < 1.29 is 13.6 Å². The van der Waals surface area contributed by atoms with Gasteiger partial charge in [0.15, 0.2) is 11.6 Å². The molecule has 7 heteroatoms. The second-order valence-corrected chi connectivity index (χ2v) is 5.44. The van der Waals surface area contributed by atoms with Gasteiger partial charge >= 0.3 is 0 Å². The quantitative estimate of drug-likeness (QED) is 0.903. The SMILES string of the molecule is O=C(NC1CNCCC1c1ccc(F)c(F)c1)c1cnccn1. The van der Waals surface area contributed by atoms with E-state index >= 15 is 0 Å². The Morgan fingerprint density at radius 1 is 1.26 bits per heavy atom. The van der Waals surface area contributed by atoms with Crippen molar-refractivity contribution in [2.45, 2.75) is 18.4 Å². The van der Waals surface area contributed by atoms with Crippen molar-refractivity contribution in [3.05, 3.63) is 59.7 Å². The third-order valence-corrected chi connectivity index (χ3v) is 3.97. The molecule has 0 radical (unpaired) electrons. The van der Waals surface area contributed by atoms with Gasteiger partial charge in [-0.15, -0.1) is 0 Å². The van der Waals surface area contributed by atoms with Crippen molar-refractivity contribution in [3.8, 4) is 0 Å². The maximum atomic E-state index is 13.5. The van der Waals surface area contributed by atoms with E-state index in [0.717, 1.165) is 19.0 Å². The minimum atomic E-state index is -0.875. The molecule has 2 atom stereocenters. The van der Waals surface area contributed by atoms with Gasteiger partial charge in [0.05, 0.1) is 6.20 Å². The highest BCUT2D eigenvalue weighted by Gasteiger charge is 2.28. The molecule has 5 nitrogen and oxygen atoms in total. The molecule has 0 saturated carbocycles. The molecule has 0 aliphatic carbocycles. The Morgan fingerprint density at radius 2 is 2.13 bits per heavy atom. The Morgan fingerprint density at radius 3 is 2.87 bits per heavy atom. The van der Waals surface area contributed by atoms with E-state index in [4.69, 9.17) is 0 Å². The standard InChI is InChI=1S/C16H16F2N4O/c17-12-2-1-10(7-13(12)18)11-3-4-19-8-14(11)22-16(23)15-9-20-5-6-21-15/h1-2,5-7,9,11,14,19H,3-4,8H2,(H,22,23). The Kier molecular flexibility index (Phi) is 4.57. The molecule has 2 heterocycles. The minimum absolute atomic E-state index is 0.0908. The topological polar surface area (TPSA) is 66.9 Å². The molecular formula is C16H16F2N4O. The molecule has 2 unspecified atom stereocenters. The van der Waals surface area contributed by atoms with E-state index in [1.807, 2.05) is 0 Å².